The summed E-state index contributed by atoms with van der Waals surface area (Å²) in [5, 5.41) is 6.22. The number of nitrogens with one attached hydrogen (secondary N) is 2. The Morgan fingerprint density at radius 1 is 1.24 bits per heavy atom. The number of anilines is 2. The summed E-state index contributed by atoms with van der Waals surface area (Å²) < 4.78 is 0. The minimum Gasteiger partial charge on any atom is -0.384 e. The van der Waals surface area contributed by atoms with Gasteiger partial charge in [-0.05, 0) is 23.6 Å². The van der Waals surface area contributed by atoms with E-state index in [1.165, 1.54) is 0 Å². The van der Waals surface area contributed by atoms with E-state index >= 15 is 0 Å². The van der Waals surface area contributed by atoms with Crippen molar-refractivity contribution in [1.82, 2.24) is 0 Å². The van der Waals surface area contributed by atoms with Gasteiger partial charge in [0.05, 0.1) is 0 Å². The quantitative estimate of drug-likeness (QED) is 0.837. The molecule has 0 saturated carbocycles. The molecule has 2 N–H and O–H groups in total. The van der Waals surface area contributed by atoms with E-state index in [4.69, 9.17) is 0 Å². The van der Waals surface area contributed by atoms with Gasteiger partial charge in [-0.25, -0.2) is 0 Å². The molecule has 0 unspecified atom stereocenters. The highest BCUT2D eigenvalue weighted by Crippen LogP contribution is 2.18. The maximum Gasteiger partial charge on any atom is 0.224 e. The lowest BCUT2D eigenvalue weighted by molar-refractivity contribution is -0.115. The Morgan fingerprint density at radius 2 is 1.88 bits per heavy atom. The largest absolute Gasteiger partial charge is 0.384 e. The predicted molar refractivity (Wildman–Crippen MR) is 73.3 cm³/mol. The minimum absolute atomic E-state index is 0.0398. The van der Waals surface area contributed by atoms with Crippen LogP contribution in [0.3, 0.4) is 0 Å². The zero-order valence-electron chi connectivity index (χ0n) is 11.1. The van der Waals surface area contributed by atoms with E-state index in [2.05, 4.69) is 31.4 Å². The Labute approximate surface area is 104 Å². The lowest BCUT2D eigenvalue weighted by Crippen LogP contribution is -2.19. The summed E-state index contributed by atoms with van der Waals surface area (Å²) in [5.41, 5.74) is 2.12. The first-order valence-electron chi connectivity index (χ1n) is 6.04. The molecule has 0 spiro atoms. The van der Waals surface area contributed by atoms with Crippen molar-refractivity contribution in [2.75, 3.05) is 17.2 Å². The van der Waals surface area contributed by atoms with Crippen LogP contribution in [0.1, 0.15) is 34.1 Å². The van der Waals surface area contributed by atoms with E-state index in [0.717, 1.165) is 17.9 Å². The van der Waals surface area contributed by atoms with Crippen LogP contribution in [0.2, 0.25) is 0 Å². The number of amides is 1. The molecule has 0 heterocycles. The van der Waals surface area contributed by atoms with Crippen molar-refractivity contribution in [2.45, 2.75) is 34.1 Å². The molecule has 0 aliphatic heterocycles. The van der Waals surface area contributed by atoms with E-state index in [1.807, 2.05) is 31.2 Å². The van der Waals surface area contributed by atoms with E-state index in [1.54, 1.807) is 0 Å². The summed E-state index contributed by atoms with van der Waals surface area (Å²) in [6.07, 6.45) is 0.500. The topological polar surface area (TPSA) is 41.1 Å². The molecule has 3 heteroatoms. The molecular formula is C14H22N2O. The normalized spacial score (nSPS) is 11.1. The monoisotopic (exact) mass is 234 g/mol. The van der Waals surface area contributed by atoms with Gasteiger partial charge in [0.15, 0.2) is 0 Å². The number of benzene rings is 1. The molecule has 0 aromatic heterocycles. The molecule has 0 atom stereocenters. The smallest absolute Gasteiger partial charge is 0.224 e. The van der Waals surface area contributed by atoms with Gasteiger partial charge in [-0.15, -0.1) is 0 Å². The van der Waals surface area contributed by atoms with E-state index in [0.29, 0.717) is 6.42 Å². The van der Waals surface area contributed by atoms with E-state index < -0.39 is 0 Å². The van der Waals surface area contributed by atoms with Gasteiger partial charge in [0.25, 0.3) is 0 Å². The molecule has 1 aromatic rings. The van der Waals surface area contributed by atoms with Crippen molar-refractivity contribution >= 4 is 17.3 Å². The summed E-state index contributed by atoms with van der Waals surface area (Å²) in [6.45, 7) is 9.29. The van der Waals surface area contributed by atoms with Gasteiger partial charge >= 0.3 is 0 Å². The second kappa shape index (κ2) is 5.71. The van der Waals surface area contributed by atoms with Crippen molar-refractivity contribution in [1.29, 1.82) is 0 Å². The minimum atomic E-state index is 0.0398. The third kappa shape index (κ3) is 5.38. The van der Waals surface area contributed by atoms with E-state index in [9.17, 15) is 4.79 Å². The number of carbonyl (C=O) groups is 1. The van der Waals surface area contributed by atoms with Gasteiger partial charge in [0.2, 0.25) is 5.91 Å². The van der Waals surface area contributed by atoms with Crippen molar-refractivity contribution in [3.63, 3.8) is 0 Å². The van der Waals surface area contributed by atoms with Gasteiger partial charge in [-0.1, -0.05) is 33.8 Å². The Balaban J connectivity index is 2.63. The average molecular weight is 234 g/mol. The number of carbonyl (C=O) groups excluding carboxylic acids is 1. The average Bonchev–Trinajstić information content (AvgIpc) is 2.26. The SMILES string of the molecule is CCC(=O)Nc1cccc(NCC(C)(C)C)c1. The molecule has 1 rings (SSSR count). The molecule has 0 bridgehead atoms. The first kappa shape index (κ1) is 13.6. The van der Waals surface area contributed by atoms with Gasteiger partial charge in [-0.3, -0.25) is 4.79 Å². The van der Waals surface area contributed by atoms with Crippen LogP contribution in [0.5, 0.6) is 0 Å². The van der Waals surface area contributed by atoms with Gasteiger partial charge < -0.3 is 10.6 Å². The standard InChI is InChI=1S/C14H22N2O/c1-5-13(17)16-12-8-6-7-11(9-12)15-10-14(2,3)4/h6-9,15H,5,10H2,1-4H3,(H,16,17). The highest BCUT2D eigenvalue weighted by Gasteiger charge is 2.09. The van der Waals surface area contributed by atoms with Crippen molar-refractivity contribution < 1.29 is 4.79 Å². The molecule has 0 radical (unpaired) electrons. The summed E-state index contributed by atoms with van der Waals surface area (Å²) in [6, 6.07) is 7.80. The van der Waals surface area contributed by atoms with Crippen LogP contribution >= 0.6 is 0 Å². The Hall–Kier alpha value is -1.51. The molecular weight excluding hydrogens is 212 g/mol. The fraction of sp³-hybridized carbons (Fsp3) is 0.500. The van der Waals surface area contributed by atoms with Crippen LogP contribution in [0.4, 0.5) is 11.4 Å². The fourth-order valence-electron chi connectivity index (χ4n) is 1.32. The first-order valence-corrected chi connectivity index (χ1v) is 6.04. The zero-order valence-corrected chi connectivity index (χ0v) is 11.1. The van der Waals surface area contributed by atoms with Crippen LogP contribution in [-0.4, -0.2) is 12.5 Å². The third-order valence-corrected chi connectivity index (χ3v) is 2.29. The molecule has 1 amide bonds. The molecule has 94 valence electrons. The molecule has 0 fully saturated rings. The molecule has 0 saturated heterocycles. The molecule has 3 nitrogen and oxygen atoms in total. The lowest BCUT2D eigenvalue weighted by atomic mass is 9.97. The van der Waals surface area contributed by atoms with Crippen LogP contribution < -0.4 is 10.6 Å². The van der Waals surface area contributed by atoms with Crippen molar-refractivity contribution in [2.24, 2.45) is 5.41 Å². The van der Waals surface area contributed by atoms with Crippen LogP contribution in [0.15, 0.2) is 24.3 Å². The van der Waals surface area contributed by atoms with Crippen molar-refractivity contribution in [3.8, 4) is 0 Å². The second-order valence-electron chi connectivity index (χ2n) is 5.40. The second-order valence-corrected chi connectivity index (χ2v) is 5.40. The Kier molecular flexibility index (Phi) is 4.55. The number of hydrogen-bond donors (Lipinski definition) is 2. The predicted octanol–water partition coefficient (Wildman–Crippen LogP) is 3.49. The highest BCUT2D eigenvalue weighted by molar-refractivity contribution is 5.90. The highest BCUT2D eigenvalue weighted by atomic mass is 16.1. The summed E-state index contributed by atoms with van der Waals surface area (Å²) in [5.74, 6) is 0.0398. The lowest BCUT2D eigenvalue weighted by Gasteiger charge is -2.20. The molecule has 0 aliphatic carbocycles. The maximum absolute atomic E-state index is 11.3. The van der Waals surface area contributed by atoms with Crippen LogP contribution in [0.25, 0.3) is 0 Å². The summed E-state index contributed by atoms with van der Waals surface area (Å²) in [4.78, 5) is 11.3. The maximum atomic E-state index is 11.3. The number of rotatable bonds is 4. The molecule has 0 aliphatic rings. The first-order chi connectivity index (χ1) is 7.90. The Bertz CT molecular complexity index is 380. The zero-order chi connectivity index (χ0) is 12.9. The molecule has 1 aromatic carbocycles. The molecule has 17 heavy (non-hydrogen) atoms. The fourth-order valence-corrected chi connectivity index (χ4v) is 1.32. The van der Waals surface area contributed by atoms with Gasteiger partial charge in [-0.2, -0.15) is 0 Å². The van der Waals surface area contributed by atoms with Crippen LogP contribution in [-0.2, 0) is 4.79 Å². The summed E-state index contributed by atoms with van der Waals surface area (Å²) in [7, 11) is 0. The summed E-state index contributed by atoms with van der Waals surface area (Å²) >= 11 is 0. The van der Waals surface area contributed by atoms with Gasteiger partial charge in [0.1, 0.15) is 0 Å². The van der Waals surface area contributed by atoms with E-state index in [-0.39, 0.29) is 11.3 Å². The van der Waals surface area contributed by atoms with Gasteiger partial charge in [0, 0.05) is 24.3 Å². The number of hydrogen-bond acceptors (Lipinski definition) is 2. The third-order valence-electron chi connectivity index (χ3n) is 2.29. The van der Waals surface area contributed by atoms with Crippen LogP contribution in [0, 0.1) is 5.41 Å². The Morgan fingerprint density at radius 3 is 2.47 bits per heavy atom. The van der Waals surface area contributed by atoms with Crippen molar-refractivity contribution in [3.05, 3.63) is 24.3 Å².